The van der Waals surface area contributed by atoms with Gasteiger partial charge in [-0.05, 0) is 93.6 Å². The summed E-state index contributed by atoms with van der Waals surface area (Å²) < 4.78 is 36.1. The monoisotopic (exact) mass is 649 g/mol. The molecule has 3 fully saturated rings. The second-order valence-corrected chi connectivity index (χ2v) is 15.4. The highest BCUT2D eigenvalue weighted by Gasteiger charge is 2.64. The fourth-order valence-corrected chi connectivity index (χ4v) is 8.46. The van der Waals surface area contributed by atoms with E-state index in [4.69, 9.17) is 4.74 Å². The molecule has 1 aromatic heterocycles. The SMILES string of the molecule is CNC.COc1ccc2c(c1)C1CC1(C(=O)N1CCCC1)Cn1c-2c(C2CCCCC2)c2ccc(C(=O)NS(=O)(=O)N(C)C)cc21. The molecule has 0 bridgehead atoms. The van der Waals surface area contributed by atoms with Crippen molar-refractivity contribution in [2.45, 2.75) is 69.7 Å². The van der Waals surface area contributed by atoms with Gasteiger partial charge in [-0.1, -0.05) is 25.3 Å². The van der Waals surface area contributed by atoms with Crippen LogP contribution in [0.4, 0.5) is 0 Å². The van der Waals surface area contributed by atoms with Gasteiger partial charge < -0.3 is 19.5 Å². The summed E-state index contributed by atoms with van der Waals surface area (Å²) in [6.07, 6.45) is 8.64. The van der Waals surface area contributed by atoms with E-state index in [1.165, 1.54) is 44.5 Å². The molecule has 3 aromatic rings. The molecule has 2 aromatic carbocycles. The smallest absolute Gasteiger partial charge is 0.303 e. The van der Waals surface area contributed by atoms with Gasteiger partial charge in [-0.25, -0.2) is 4.72 Å². The Morgan fingerprint density at radius 2 is 1.67 bits per heavy atom. The number of ether oxygens (including phenoxy) is 1. The van der Waals surface area contributed by atoms with Crippen LogP contribution in [0, 0.1) is 5.41 Å². The molecule has 2 amide bonds. The average molecular weight is 650 g/mol. The first-order valence-corrected chi connectivity index (χ1v) is 18.0. The number of likely N-dealkylation sites (tertiary alicyclic amines) is 1. The molecule has 7 rings (SSSR count). The lowest BCUT2D eigenvalue weighted by molar-refractivity contribution is -0.136. The van der Waals surface area contributed by atoms with Gasteiger partial charge in [-0.3, -0.25) is 9.59 Å². The summed E-state index contributed by atoms with van der Waals surface area (Å²) in [5, 5.41) is 3.83. The van der Waals surface area contributed by atoms with Gasteiger partial charge in [0, 0.05) is 61.7 Å². The lowest BCUT2D eigenvalue weighted by Crippen LogP contribution is -2.39. The fraction of sp³-hybridized carbons (Fsp3) is 0.543. The zero-order chi connectivity index (χ0) is 32.8. The van der Waals surface area contributed by atoms with E-state index in [1.807, 2.05) is 37.2 Å². The number of hydrogen-bond acceptors (Lipinski definition) is 6. The maximum absolute atomic E-state index is 14.3. The minimum absolute atomic E-state index is 0.0940. The third kappa shape index (κ3) is 5.60. The van der Waals surface area contributed by atoms with Gasteiger partial charge in [0.1, 0.15) is 5.75 Å². The minimum atomic E-state index is -3.95. The highest BCUT2D eigenvalue weighted by Crippen LogP contribution is 2.66. The second-order valence-electron chi connectivity index (χ2n) is 13.5. The largest absolute Gasteiger partial charge is 0.497 e. The summed E-state index contributed by atoms with van der Waals surface area (Å²) in [6.45, 7) is 2.13. The van der Waals surface area contributed by atoms with Crippen LogP contribution in [0.1, 0.15) is 84.7 Å². The third-order valence-corrected chi connectivity index (χ3v) is 11.7. The molecule has 2 saturated carbocycles. The summed E-state index contributed by atoms with van der Waals surface area (Å²) in [7, 11) is 4.26. The van der Waals surface area contributed by atoms with E-state index in [1.54, 1.807) is 13.2 Å². The van der Waals surface area contributed by atoms with Crippen LogP contribution in [0.15, 0.2) is 36.4 Å². The number of nitrogens with zero attached hydrogens (tertiary/aromatic N) is 3. The molecule has 4 aliphatic rings. The Bertz CT molecular complexity index is 1750. The molecule has 2 aliphatic carbocycles. The van der Waals surface area contributed by atoms with Crippen molar-refractivity contribution in [3.63, 3.8) is 0 Å². The van der Waals surface area contributed by atoms with Crippen LogP contribution in [-0.2, 0) is 21.5 Å². The molecule has 0 spiro atoms. The van der Waals surface area contributed by atoms with Gasteiger partial charge in [0.15, 0.2) is 0 Å². The van der Waals surface area contributed by atoms with E-state index in [2.05, 4.69) is 26.7 Å². The van der Waals surface area contributed by atoms with Gasteiger partial charge >= 0.3 is 10.2 Å². The van der Waals surface area contributed by atoms with E-state index >= 15 is 0 Å². The van der Waals surface area contributed by atoms with Crippen molar-refractivity contribution in [3.8, 4) is 17.0 Å². The summed E-state index contributed by atoms with van der Waals surface area (Å²) in [5.41, 5.74) is 5.34. The van der Waals surface area contributed by atoms with E-state index < -0.39 is 21.5 Å². The number of aromatic nitrogens is 1. The molecule has 0 radical (unpaired) electrons. The normalized spacial score (nSPS) is 22.3. The van der Waals surface area contributed by atoms with E-state index in [0.717, 1.165) is 77.4 Å². The fourth-order valence-electron chi connectivity index (χ4n) is 7.92. The maximum atomic E-state index is 14.3. The Morgan fingerprint density at radius 3 is 2.33 bits per heavy atom. The summed E-state index contributed by atoms with van der Waals surface area (Å²) in [4.78, 5) is 29.6. The molecule has 10 nitrogen and oxygen atoms in total. The number of carbonyl (C=O) groups is 2. The number of fused-ring (bicyclic) bond motifs is 7. The zero-order valence-electron chi connectivity index (χ0n) is 27.7. The summed E-state index contributed by atoms with van der Waals surface area (Å²) in [5.74, 6) is 0.811. The molecular formula is C35H47N5O5S. The first-order chi connectivity index (χ1) is 22.1. The van der Waals surface area contributed by atoms with Crippen molar-refractivity contribution < 1.29 is 22.7 Å². The highest BCUT2D eigenvalue weighted by atomic mass is 32.2. The van der Waals surface area contributed by atoms with Crippen LogP contribution in [-0.4, -0.2) is 82.4 Å². The van der Waals surface area contributed by atoms with E-state index in [-0.39, 0.29) is 17.4 Å². The minimum Gasteiger partial charge on any atom is -0.497 e. The number of methoxy groups -OCH3 is 1. The summed E-state index contributed by atoms with van der Waals surface area (Å²) in [6, 6.07) is 11.8. The van der Waals surface area contributed by atoms with Gasteiger partial charge in [0.2, 0.25) is 5.91 Å². The van der Waals surface area contributed by atoms with Gasteiger partial charge in [-0.2, -0.15) is 12.7 Å². The first kappa shape index (κ1) is 32.5. The van der Waals surface area contributed by atoms with Crippen molar-refractivity contribution in [1.29, 1.82) is 0 Å². The Kier molecular flexibility index (Phi) is 8.95. The number of benzene rings is 2. The zero-order valence-corrected chi connectivity index (χ0v) is 28.5. The van der Waals surface area contributed by atoms with Crippen LogP contribution in [0.5, 0.6) is 5.75 Å². The van der Waals surface area contributed by atoms with E-state index in [9.17, 15) is 18.0 Å². The molecule has 2 atom stereocenters. The van der Waals surface area contributed by atoms with Crippen LogP contribution in [0.25, 0.3) is 22.2 Å². The number of hydrogen-bond donors (Lipinski definition) is 2. The molecule has 248 valence electrons. The van der Waals surface area contributed by atoms with Crippen molar-refractivity contribution in [1.82, 2.24) is 23.8 Å². The van der Waals surface area contributed by atoms with Crippen LogP contribution >= 0.6 is 0 Å². The molecule has 1 saturated heterocycles. The Hall–Kier alpha value is -3.41. The first-order valence-electron chi connectivity index (χ1n) is 16.5. The standard InChI is InChI=1S/C33H40N4O5S.C2H7N/c1-35(2)43(40,41)34-31(38)22-11-13-25-28(17-22)37-20-33(32(39)36-15-7-8-16-36)19-27(33)26-18-23(42-3)12-14-24(26)30(37)29(25)21-9-5-4-6-10-21;1-3-2/h11-14,17-18,21,27H,4-10,15-16,19-20H2,1-3H3,(H,34,38);3H,1-2H3. The molecule has 11 heteroatoms. The van der Waals surface area contributed by atoms with Crippen molar-refractivity contribution in [2.24, 2.45) is 5.41 Å². The Labute approximate surface area is 272 Å². The molecule has 46 heavy (non-hydrogen) atoms. The lowest BCUT2D eigenvalue weighted by atomic mass is 9.81. The van der Waals surface area contributed by atoms with Gasteiger partial charge in [-0.15, -0.1) is 0 Å². The molecule has 2 N–H and O–H groups in total. The Balaban J connectivity index is 0.00000119. The quantitative estimate of drug-likeness (QED) is 0.395. The molecular weight excluding hydrogens is 602 g/mol. The van der Waals surface area contributed by atoms with Crippen molar-refractivity contribution in [2.75, 3.05) is 48.4 Å². The second kappa shape index (κ2) is 12.7. The number of rotatable bonds is 6. The Morgan fingerprint density at radius 1 is 0.978 bits per heavy atom. The third-order valence-electron chi connectivity index (χ3n) is 10.3. The predicted octanol–water partition coefficient (Wildman–Crippen LogP) is 4.85. The van der Waals surface area contributed by atoms with Crippen LogP contribution < -0.4 is 14.8 Å². The van der Waals surface area contributed by atoms with E-state index in [0.29, 0.717) is 12.5 Å². The highest BCUT2D eigenvalue weighted by molar-refractivity contribution is 7.87. The number of carbonyl (C=O) groups excluding carboxylic acids is 2. The maximum Gasteiger partial charge on any atom is 0.303 e. The number of nitrogens with one attached hydrogen (secondary N) is 2. The summed E-state index contributed by atoms with van der Waals surface area (Å²) >= 11 is 0. The lowest BCUT2D eigenvalue weighted by Gasteiger charge is -2.25. The van der Waals surface area contributed by atoms with Crippen LogP contribution in [0.3, 0.4) is 0 Å². The van der Waals surface area contributed by atoms with Gasteiger partial charge in [0.25, 0.3) is 5.91 Å². The average Bonchev–Trinajstić information content (AvgIpc) is 3.38. The van der Waals surface area contributed by atoms with Gasteiger partial charge in [0.05, 0.1) is 18.2 Å². The molecule has 3 heterocycles. The van der Waals surface area contributed by atoms with Crippen molar-refractivity contribution >= 4 is 32.9 Å². The molecule has 2 unspecified atom stereocenters. The molecule has 2 aliphatic heterocycles. The predicted molar refractivity (Wildman–Crippen MR) is 180 cm³/mol. The topological polar surface area (TPSA) is 113 Å². The van der Waals surface area contributed by atoms with Crippen molar-refractivity contribution in [3.05, 3.63) is 53.1 Å². The number of amides is 2. The van der Waals surface area contributed by atoms with Crippen LogP contribution in [0.2, 0.25) is 0 Å².